The largest absolute Gasteiger partial charge is 0.388 e. The fraction of sp³-hybridized carbons (Fsp3) is 0.294. The zero-order valence-electron chi connectivity index (χ0n) is 12.4. The average Bonchev–Trinajstić information content (AvgIpc) is 2.47. The van der Waals surface area contributed by atoms with Crippen molar-refractivity contribution < 1.29 is 5.11 Å². The zero-order valence-corrected chi connectivity index (χ0v) is 14.7. The fourth-order valence-corrected chi connectivity index (χ4v) is 3.19. The lowest BCUT2D eigenvalue weighted by Crippen LogP contribution is -2.39. The monoisotopic (exact) mass is 355 g/mol. The van der Waals surface area contributed by atoms with E-state index in [0.717, 1.165) is 20.5 Å². The van der Waals surface area contributed by atoms with Crippen LogP contribution < -0.4 is 5.32 Å². The molecule has 118 valence electrons. The molecule has 22 heavy (non-hydrogen) atoms. The second-order valence-corrected chi connectivity index (χ2v) is 7.39. The number of rotatable bonds is 7. The van der Waals surface area contributed by atoms with E-state index >= 15 is 0 Å². The highest BCUT2D eigenvalue weighted by atomic mass is 35.5. The third-order valence-electron chi connectivity index (χ3n) is 3.09. The molecule has 2 nitrogen and oxygen atoms in total. The van der Waals surface area contributed by atoms with Crippen LogP contribution in [0.1, 0.15) is 12.5 Å². The Bertz CT molecular complexity index is 602. The number of benzene rings is 2. The standard InChI is InChI=1S/C17H19Cl2NOS/c1-17(21,12-22-16-7-5-14(18)6-8-16)11-20-10-13-3-2-4-15(19)9-13/h2-9,20-21H,10-12H2,1H3/t17-/m1/s1. The van der Waals surface area contributed by atoms with Crippen molar-refractivity contribution in [2.24, 2.45) is 0 Å². The van der Waals surface area contributed by atoms with Gasteiger partial charge < -0.3 is 10.4 Å². The minimum atomic E-state index is -0.789. The summed E-state index contributed by atoms with van der Waals surface area (Å²) in [5.74, 6) is 0.608. The van der Waals surface area contributed by atoms with Crippen molar-refractivity contribution in [2.75, 3.05) is 12.3 Å². The van der Waals surface area contributed by atoms with Crippen LogP contribution in [0.2, 0.25) is 10.0 Å². The molecule has 0 saturated carbocycles. The van der Waals surface area contributed by atoms with Gasteiger partial charge in [-0.15, -0.1) is 11.8 Å². The summed E-state index contributed by atoms with van der Waals surface area (Å²) in [4.78, 5) is 1.10. The summed E-state index contributed by atoms with van der Waals surface area (Å²) < 4.78 is 0. The third-order valence-corrected chi connectivity index (χ3v) is 4.95. The highest BCUT2D eigenvalue weighted by Crippen LogP contribution is 2.24. The predicted molar refractivity (Wildman–Crippen MR) is 96.0 cm³/mol. The summed E-state index contributed by atoms with van der Waals surface area (Å²) >= 11 is 13.4. The van der Waals surface area contributed by atoms with Crippen LogP contribution >= 0.6 is 35.0 Å². The van der Waals surface area contributed by atoms with Crippen molar-refractivity contribution in [1.82, 2.24) is 5.32 Å². The van der Waals surface area contributed by atoms with Crippen molar-refractivity contribution >= 4 is 35.0 Å². The molecule has 0 spiro atoms. The van der Waals surface area contributed by atoms with E-state index in [-0.39, 0.29) is 0 Å². The van der Waals surface area contributed by atoms with E-state index in [1.54, 1.807) is 11.8 Å². The molecule has 0 unspecified atom stereocenters. The van der Waals surface area contributed by atoms with Crippen LogP contribution in [0.3, 0.4) is 0 Å². The maximum absolute atomic E-state index is 10.4. The van der Waals surface area contributed by atoms with Gasteiger partial charge in [0, 0.05) is 33.8 Å². The van der Waals surface area contributed by atoms with E-state index < -0.39 is 5.60 Å². The molecule has 0 bridgehead atoms. The third kappa shape index (κ3) is 6.19. The van der Waals surface area contributed by atoms with E-state index in [9.17, 15) is 5.11 Å². The molecule has 0 saturated heterocycles. The molecule has 2 rings (SSSR count). The van der Waals surface area contributed by atoms with Crippen LogP contribution in [0.15, 0.2) is 53.4 Å². The molecule has 2 aromatic carbocycles. The number of thioether (sulfide) groups is 1. The van der Waals surface area contributed by atoms with Crippen LogP contribution in [0, 0.1) is 0 Å². The normalized spacial score (nSPS) is 13.8. The summed E-state index contributed by atoms with van der Waals surface area (Å²) in [6.45, 7) is 3.03. The van der Waals surface area contributed by atoms with E-state index in [1.807, 2.05) is 55.5 Å². The minimum absolute atomic E-state index is 0.514. The van der Waals surface area contributed by atoms with Gasteiger partial charge in [-0.1, -0.05) is 35.3 Å². The highest BCUT2D eigenvalue weighted by molar-refractivity contribution is 7.99. The summed E-state index contributed by atoms with van der Waals surface area (Å²) in [6, 6.07) is 15.3. The Labute approximate surface area is 145 Å². The molecule has 2 aromatic rings. The Balaban J connectivity index is 1.77. The Kier molecular flexibility index (Phi) is 6.60. The number of hydrogen-bond acceptors (Lipinski definition) is 3. The van der Waals surface area contributed by atoms with Gasteiger partial charge in [0.25, 0.3) is 0 Å². The number of aliphatic hydroxyl groups is 1. The van der Waals surface area contributed by atoms with Crippen LogP contribution in [-0.4, -0.2) is 23.0 Å². The van der Waals surface area contributed by atoms with Gasteiger partial charge in [0.2, 0.25) is 0 Å². The minimum Gasteiger partial charge on any atom is -0.388 e. The van der Waals surface area contributed by atoms with Crippen molar-refractivity contribution in [3.8, 4) is 0 Å². The molecule has 0 heterocycles. The quantitative estimate of drug-likeness (QED) is 0.710. The van der Waals surface area contributed by atoms with Crippen molar-refractivity contribution in [1.29, 1.82) is 0 Å². The second kappa shape index (κ2) is 8.23. The molecule has 0 aliphatic rings. The molecule has 0 aliphatic heterocycles. The first-order valence-corrected chi connectivity index (χ1v) is 8.75. The van der Waals surface area contributed by atoms with Crippen LogP contribution in [0.25, 0.3) is 0 Å². The van der Waals surface area contributed by atoms with Crippen molar-refractivity contribution in [2.45, 2.75) is 24.0 Å². The smallest absolute Gasteiger partial charge is 0.0837 e. The molecular weight excluding hydrogens is 337 g/mol. The van der Waals surface area contributed by atoms with E-state index in [0.29, 0.717) is 18.8 Å². The van der Waals surface area contributed by atoms with Gasteiger partial charge in [-0.25, -0.2) is 0 Å². The van der Waals surface area contributed by atoms with E-state index in [2.05, 4.69) is 5.32 Å². The zero-order chi connectivity index (χ0) is 16.0. The first kappa shape index (κ1) is 17.6. The Morgan fingerprint density at radius 3 is 2.50 bits per heavy atom. The van der Waals surface area contributed by atoms with Crippen molar-refractivity contribution in [3.05, 3.63) is 64.1 Å². The first-order chi connectivity index (χ1) is 10.4. The second-order valence-electron chi connectivity index (χ2n) is 5.47. The molecule has 0 aromatic heterocycles. The lowest BCUT2D eigenvalue weighted by Gasteiger charge is -2.23. The molecule has 0 aliphatic carbocycles. The topological polar surface area (TPSA) is 32.3 Å². The van der Waals surface area contributed by atoms with Gasteiger partial charge in [0.15, 0.2) is 0 Å². The van der Waals surface area contributed by atoms with Gasteiger partial charge in [0.05, 0.1) is 5.60 Å². The molecular formula is C17H19Cl2NOS. The van der Waals surface area contributed by atoms with E-state index in [4.69, 9.17) is 23.2 Å². The summed E-state index contributed by atoms with van der Waals surface area (Å²) in [6.07, 6.45) is 0. The van der Waals surface area contributed by atoms with Gasteiger partial charge in [0.1, 0.15) is 0 Å². The van der Waals surface area contributed by atoms with Crippen LogP contribution in [0.4, 0.5) is 0 Å². The Morgan fingerprint density at radius 1 is 1.09 bits per heavy atom. The maximum atomic E-state index is 10.4. The SMILES string of the molecule is C[C@@](O)(CNCc1cccc(Cl)c1)CSc1ccc(Cl)cc1. The van der Waals surface area contributed by atoms with Crippen molar-refractivity contribution in [3.63, 3.8) is 0 Å². The summed E-state index contributed by atoms with van der Waals surface area (Å²) in [5.41, 5.74) is 0.316. The fourth-order valence-electron chi connectivity index (χ4n) is 1.94. The van der Waals surface area contributed by atoms with Gasteiger partial charge in [-0.05, 0) is 48.9 Å². The lowest BCUT2D eigenvalue weighted by atomic mass is 10.1. The molecule has 2 N–H and O–H groups in total. The molecule has 0 radical (unpaired) electrons. The maximum Gasteiger partial charge on any atom is 0.0837 e. The van der Waals surface area contributed by atoms with Gasteiger partial charge in [-0.2, -0.15) is 0 Å². The van der Waals surface area contributed by atoms with Gasteiger partial charge >= 0.3 is 0 Å². The highest BCUT2D eigenvalue weighted by Gasteiger charge is 2.20. The molecule has 5 heteroatoms. The molecule has 0 amide bonds. The number of halogens is 2. The number of hydrogen-bond donors (Lipinski definition) is 2. The Hall–Kier alpha value is -0.710. The van der Waals surface area contributed by atoms with E-state index in [1.165, 1.54) is 0 Å². The Morgan fingerprint density at radius 2 is 1.82 bits per heavy atom. The molecule has 0 fully saturated rings. The lowest BCUT2D eigenvalue weighted by molar-refractivity contribution is 0.0845. The summed E-state index contributed by atoms with van der Waals surface area (Å²) in [7, 11) is 0. The number of nitrogens with one attached hydrogen (secondary N) is 1. The van der Waals surface area contributed by atoms with Crippen LogP contribution in [0.5, 0.6) is 0 Å². The average molecular weight is 356 g/mol. The first-order valence-electron chi connectivity index (χ1n) is 7.00. The van der Waals surface area contributed by atoms with Crippen LogP contribution in [-0.2, 0) is 6.54 Å². The summed E-state index contributed by atoms with van der Waals surface area (Å²) in [5, 5.41) is 15.1. The van der Waals surface area contributed by atoms with Gasteiger partial charge in [-0.3, -0.25) is 0 Å². The molecule has 1 atom stereocenters. The predicted octanol–water partition coefficient (Wildman–Crippen LogP) is 4.63.